The Morgan fingerprint density at radius 3 is 2.43 bits per heavy atom. The van der Waals surface area contributed by atoms with Gasteiger partial charge in [-0.2, -0.15) is 5.10 Å². The quantitative estimate of drug-likeness (QED) is 0.375. The Kier molecular flexibility index (Phi) is 7.10. The lowest BCUT2D eigenvalue weighted by molar-refractivity contribution is -0.111. The molecule has 7 nitrogen and oxygen atoms in total. The monoisotopic (exact) mass is 512 g/mol. The van der Waals surface area contributed by atoms with E-state index in [2.05, 4.69) is 22.1 Å². The molecular weight excluding hydrogens is 487 g/mol. The summed E-state index contributed by atoms with van der Waals surface area (Å²) in [5.41, 5.74) is 6.77. The Bertz CT molecular complexity index is 1320. The number of aromatic nitrogens is 2. The minimum absolute atomic E-state index is 0.285. The predicted molar refractivity (Wildman–Crippen MR) is 143 cm³/mol. The fraction of sp³-hybridized carbons (Fsp3) is 0.231. The van der Waals surface area contributed by atoms with Crippen LogP contribution in [0.5, 0.6) is 11.5 Å². The lowest BCUT2D eigenvalue weighted by atomic mass is 9.89. The first-order chi connectivity index (χ1) is 16.8. The molecule has 0 saturated heterocycles. The van der Waals surface area contributed by atoms with E-state index < -0.39 is 0 Å². The van der Waals surface area contributed by atoms with E-state index in [0.717, 1.165) is 33.8 Å². The molecule has 0 spiro atoms. The van der Waals surface area contributed by atoms with Crippen LogP contribution in [0.3, 0.4) is 0 Å². The lowest BCUT2D eigenvalue weighted by Crippen LogP contribution is -2.12. The second-order valence-electron chi connectivity index (χ2n) is 8.24. The molecule has 2 aromatic carbocycles. The zero-order valence-corrected chi connectivity index (χ0v) is 21.5. The third-order valence-electron chi connectivity index (χ3n) is 5.97. The molecule has 35 heavy (non-hydrogen) atoms. The summed E-state index contributed by atoms with van der Waals surface area (Å²) >= 11 is 13.3. The van der Waals surface area contributed by atoms with E-state index in [0.29, 0.717) is 45.6 Å². The van der Waals surface area contributed by atoms with Gasteiger partial charge in [-0.15, -0.1) is 0 Å². The van der Waals surface area contributed by atoms with E-state index in [9.17, 15) is 4.79 Å². The summed E-state index contributed by atoms with van der Waals surface area (Å²) in [5, 5.41) is 11.5. The minimum atomic E-state index is -0.285. The number of anilines is 2. The van der Waals surface area contributed by atoms with Gasteiger partial charge in [-0.1, -0.05) is 29.8 Å². The van der Waals surface area contributed by atoms with Crippen molar-refractivity contribution in [3.05, 3.63) is 63.8 Å². The summed E-state index contributed by atoms with van der Waals surface area (Å²) in [6, 6.07) is 7.50. The summed E-state index contributed by atoms with van der Waals surface area (Å²) in [7, 11) is 7.03. The molecule has 1 aromatic heterocycles. The fourth-order valence-corrected chi connectivity index (χ4v) is 4.89. The van der Waals surface area contributed by atoms with Crippen molar-refractivity contribution in [3.63, 3.8) is 0 Å². The molecule has 0 bridgehead atoms. The average Bonchev–Trinajstić information content (AvgIpc) is 3.27. The molecule has 1 heterocycles. The van der Waals surface area contributed by atoms with Crippen LogP contribution in [0.1, 0.15) is 23.2 Å². The number of carbonyl (C=O) groups excluding carboxylic acids is 1. The number of allylic oxidation sites excluding steroid dienone is 1. The molecular formula is C26H26Cl2N4O3. The van der Waals surface area contributed by atoms with Gasteiger partial charge in [0.15, 0.2) is 0 Å². The summed E-state index contributed by atoms with van der Waals surface area (Å²) < 4.78 is 10.9. The summed E-state index contributed by atoms with van der Waals surface area (Å²) in [5.74, 6) is 0.692. The number of halogens is 2. The number of benzene rings is 2. The maximum Gasteiger partial charge on any atom is 0.247 e. The zero-order chi connectivity index (χ0) is 25.3. The van der Waals surface area contributed by atoms with Crippen LogP contribution in [-0.2, 0) is 11.2 Å². The van der Waals surface area contributed by atoms with Crippen molar-refractivity contribution >= 4 is 52.1 Å². The number of carbonyl (C=O) groups is 1. The fourth-order valence-electron chi connectivity index (χ4n) is 4.14. The van der Waals surface area contributed by atoms with Gasteiger partial charge in [-0.25, -0.2) is 0 Å². The Labute approximate surface area is 214 Å². The van der Waals surface area contributed by atoms with Crippen LogP contribution < -0.4 is 19.7 Å². The van der Waals surface area contributed by atoms with Crippen molar-refractivity contribution in [2.45, 2.75) is 12.8 Å². The number of methoxy groups -OCH3 is 2. The number of hydrogen-bond acceptors (Lipinski definition) is 5. The molecule has 0 unspecified atom stereocenters. The van der Waals surface area contributed by atoms with Crippen LogP contribution in [0, 0.1) is 0 Å². The van der Waals surface area contributed by atoms with Crippen LogP contribution in [0.25, 0.3) is 22.9 Å². The highest BCUT2D eigenvalue weighted by Crippen LogP contribution is 2.47. The van der Waals surface area contributed by atoms with Gasteiger partial charge in [0.05, 0.1) is 41.3 Å². The molecule has 0 aliphatic heterocycles. The number of hydrogen-bond donors (Lipinski definition) is 2. The SMILES string of the molecule is C=CC(=O)Nc1ccc(N(C)C)cc1-c1n[nH]c2c1CCC(c1c(Cl)c(OC)cc(OC)c1Cl)=C2. The van der Waals surface area contributed by atoms with E-state index in [4.69, 9.17) is 32.7 Å². The molecule has 9 heteroatoms. The van der Waals surface area contributed by atoms with Gasteiger partial charge in [0.1, 0.15) is 11.5 Å². The summed E-state index contributed by atoms with van der Waals surface area (Å²) in [6.45, 7) is 3.55. The number of H-pyrrole nitrogens is 1. The van der Waals surface area contributed by atoms with Crippen molar-refractivity contribution in [1.82, 2.24) is 10.2 Å². The van der Waals surface area contributed by atoms with Crippen LogP contribution in [-0.4, -0.2) is 44.4 Å². The average molecular weight is 513 g/mol. The van der Waals surface area contributed by atoms with Crippen LogP contribution in [0.2, 0.25) is 10.0 Å². The van der Waals surface area contributed by atoms with Crippen LogP contribution in [0.4, 0.5) is 11.4 Å². The Hall–Kier alpha value is -3.42. The molecule has 3 aromatic rings. The summed E-state index contributed by atoms with van der Waals surface area (Å²) in [4.78, 5) is 14.1. The van der Waals surface area contributed by atoms with Crippen molar-refractivity contribution in [2.75, 3.05) is 38.5 Å². The molecule has 0 fully saturated rings. The van der Waals surface area contributed by atoms with Crippen LogP contribution >= 0.6 is 23.2 Å². The highest BCUT2D eigenvalue weighted by molar-refractivity contribution is 6.39. The molecule has 0 saturated carbocycles. The molecule has 0 atom stereocenters. The number of rotatable bonds is 7. The normalized spacial score (nSPS) is 12.5. The predicted octanol–water partition coefficient (Wildman–Crippen LogP) is 6.08. The van der Waals surface area contributed by atoms with E-state index in [1.54, 1.807) is 20.3 Å². The zero-order valence-electron chi connectivity index (χ0n) is 20.0. The molecule has 1 amide bonds. The maximum absolute atomic E-state index is 12.1. The Morgan fingerprint density at radius 1 is 1.14 bits per heavy atom. The topological polar surface area (TPSA) is 79.5 Å². The first kappa shape index (κ1) is 24.7. The molecule has 1 aliphatic carbocycles. The highest BCUT2D eigenvalue weighted by atomic mass is 35.5. The maximum atomic E-state index is 12.1. The Balaban J connectivity index is 1.83. The lowest BCUT2D eigenvalue weighted by Gasteiger charge is -2.20. The standard InChI is InChI=1S/C26H26Cl2N4O3/c1-6-22(33)29-18-10-8-15(32(2)3)12-17(18)26-16-9-7-14(11-19(16)30-31-26)23-24(27)20(34-4)13-21(35-5)25(23)28/h6,8,10-13H,1,7,9H2,2-5H3,(H,29,33)(H,30,31). The van der Waals surface area contributed by atoms with Gasteiger partial charge in [0, 0.05) is 42.5 Å². The van der Waals surface area contributed by atoms with Gasteiger partial charge in [0.2, 0.25) is 5.91 Å². The first-order valence-electron chi connectivity index (χ1n) is 10.9. The second-order valence-corrected chi connectivity index (χ2v) is 8.99. The molecule has 1 aliphatic rings. The smallest absolute Gasteiger partial charge is 0.247 e. The number of ether oxygens (including phenoxy) is 2. The number of nitrogens with one attached hydrogen (secondary N) is 2. The van der Waals surface area contributed by atoms with E-state index in [-0.39, 0.29) is 5.91 Å². The first-order valence-corrected chi connectivity index (χ1v) is 11.7. The van der Waals surface area contributed by atoms with Gasteiger partial charge >= 0.3 is 0 Å². The van der Waals surface area contributed by atoms with Gasteiger partial charge in [-0.05, 0) is 48.8 Å². The van der Waals surface area contributed by atoms with E-state index in [1.807, 2.05) is 43.3 Å². The van der Waals surface area contributed by atoms with Gasteiger partial charge < -0.3 is 19.7 Å². The largest absolute Gasteiger partial charge is 0.495 e. The minimum Gasteiger partial charge on any atom is -0.495 e. The second kappa shape index (κ2) is 10.1. The third-order valence-corrected chi connectivity index (χ3v) is 6.73. The molecule has 182 valence electrons. The number of nitrogens with zero attached hydrogens (tertiary/aromatic N) is 2. The van der Waals surface area contributed by atoms with Crippen molar-refractivity contribution in [2.24, 2.45) is 0 Å². The van der Waals surface area contributed by atoms with Crippen molar-refractivity contribution < 1.29 is 14.3 Å². The van der Waals surface area contributed by atoms with Gasteiger partial charge in [0.25, 0.3) is 0 Å². The molecule has 2 N–H and O–H groups in total. The number of amides is 1. The number of aromatic amines is 1. The van der Waals surface area contributed by atoms with Crippen molar-refractivity contribution in [1.29, 1.82) is 0 Å². The highest BCUT2D eigenvalue weighted by Gasteiger charge is 2.26. The van der Waals surface area contributed by atoms with Gasteiger partial charge in [-0.3, -0.25) is 9.89 Å². The summed E-state index contributed by atoms with van der Waals surface area (Å²) in [6.07, 6.45) is 4.62. The third kappa shape index (κ3) is 4.61. The molecule has 0 radical (unpaired) electrons. The Morgan fingerprint density at radius 2 is 1.83 bits per heavy atom. The molecule has 4 rings (SSSR count). The van der Waals surface area contributed by atoms with E-state index >= 15 is 0 Å². The number of fused-ring (bicyclic) bond motifs is 1. The van der Waals surface area contributed by atoms with Crippen molar-refractivity contribution in [3.8, 4) is 22.8 Å². The van der Waals surface area contributed by atoms with E-state index in [1.165, 1.54) is 6.08 Å². The van der Waals surface area contributed by atoms with Crippen LogP contribution in [0.15, 0.2) is 36.9 Å².